The average molecular weight is 437 g/mol. The van der Waals surface area contributed by atoms with E-state index in [4.69, 9.17) is 4.74 Å². The van der Waals surface area contributed by atoms with Gasteiger partial charge in [0.25, 0.3) is 0 Å². The number of ether oxygens (including phenoxy) is 1. The van der Waals surface area contributed by atoms with Gasteiger partial charge in [-0.15, -0.1) is 0 Å². The summed E-state index contributed by atoms with van der Waals surface area (Å²) in [6.07, 6.45) is 4.35. The molecule has 0 aliphatic heterocycles. The minimum absolute atomic E-state index is 0.140. The summed E-state index contributed by atoms with van der Waals surface area (Å²) in [4.78, 5) is 40.9. The van der Waals surface area contributed by atoms with Gasteiger partial charge in [-0.1, -0.05) is 12.1 Å². The highest BCUT2D eigenvalue weighted by atomic mass is 16.6. The number of amides is 1. The van der Waals surface area contributed by atoms with Crippen molar-refractivity contribution in [3.8, 4) is 5.75 Å². The quantitative estimate of drug-likeness (QED) is 0.455. The maximum absolute atomic E-state index is 11.8. The molecule has 0 radical (unpaired) electrons. The van der Waals surface area contributed by atoms with Crippen molar-refractivity contribution in [2.24, 2.45) is 0 Å². The number of hydrogen-bond acceptors (Lipinski definition) is 9. The van der Waals surface area contributed by atoms with Crippen molar-refractivity contribution >= 4 is 24.0 Å². The van der Waals surface area contributed by atoms with Crippen LogP contribution in [0.1, 0.15) is 11.1 Å². The molecule has 166 valence electrons. The number of benzene rings is 1. The number of pyridine rings is 1. The largest absolute Gasteiger partial charge is 0.480 e. The lowest BCUT2D eigenvalue weighted by atomic mass is 10.1. The summed E-state index contributed by atoms with van der Waals surface area (Å²) in [5, 5.41) is 15.5. The summed E-state index contributed by atoms with van der Waals surface area (Å²) in [7, 11) is 3.17. The molecule has 0 spiro atoms. The van der Waals surface area contributed by atoms with Crippen LogP contribution in [0.25, 0.3) is 0 Å². The van der Waals surface area contributed by atoms with E-state index in [1.807, 2.05) is 12.1 Å². The zero-order valence-corrected chi connectivity index (χ0v) is 17.6. The molecule has 3 N–H and O–H groups in total. The van der Waals surface area contributed by atoms with Crippen molar-refractivity contribution in [1.29, 1.82) is 0 Å². The summed E-state index contributed by atoms with van der Waals surface area (Å²) in [5.74, 6) is -0.230. The Bertz CT molecular complexity index is 1050. The zero-order chi connectivity index (χ0) is 22.9. The van der Waals surface area contributed by atoms with Gasteiger partial charge >= 0.3 is 12.1 Å². The normalized spacial score (nSPS) is 11.3. The van der Waals surface area contributed by atoms with Crippen molar-refractivity contribution in [3.63, 3.8) is 0 Å². The SMILES string of the molecule is CN(C)C(=O)Oc1ccc(C[C@H](Nc2ncnc(NCc3ccncc3)n2)C(=O)O)cc1. The molecule has 3 rings (SSSR count). The second-order valence-electron chi connectivity index (χ2n) is 6.99. The third-order valence-corrected chi connectivity index (χ3v) is 4.31. The number of aliphatic carboxylic acids is 1. The number of carbonyl (C=O) groups is 2. The number of nitrogens with zero attached hydrogens (tertiary/aromatic N) is 5. The molecule has 0 aliphatic carbocycles. The van der Waals surface area contributed by atoms with E-state index in [9.17, 15) is 14.7 Å². The molecular formula is C21H23N7O4. The summed E-state index contributed by atoms with van der Waals surface area (Å²) in [5.41, 5.74) is 1.73. The summed E-state index contributed by atoms with van der Waals surface area (Å²) in [6, 6.07) is 9.37. The Balaban J connectivity index is 1.61. The Hall–Kier alpha value is -4.28. The topological polar surface area (TPSA) is 142 Å². The van der Waals surface area contributed by atoms with Crippen LogP contribution in [-0.4, -0.2) is 62.1 Å². The third kappa shape index (κ3) is 6.62. The molecule has 2 heterocycles. The maximum atomic E-state index is 11.8. The highest BCUT2D eigenvalue weighted by Gasteiger charge is 2.19. The molecule has 0 bridgehead atoms. The number of aromatic nitrogens is 4. The Labute approximate surface area is 184 Å². The Morgan fingerprint density at radius 2 is 1.72 bits per heavy atom. The summed E-state index contributed by atoms with van der Waals surface area (Å²) in [6.45, 7) is 0.485. The standard InChI is InChI=1S/C21H23N7O4/c1-28(2)21(31)32-16-5-3-14(4-6-16)11-17(18(29)30)26-20-25-13-24-19(27-20)23-12-15-7-9-22-10-8-15/h3-10,13,17H,11-12H2,1-2H3,(H,29,30)(H2,23,24,25,26,27)/t17-/m0/s1. The van der Waals surface area contributed by atoms with Crippen LogP contribution in [-0.2, 0) is 17.8 Å². The number of carboxylic acids is 1. The molecule has 1 amide bonds. The molecule has 0 aliphatic rings. The number of carbonyl (C=O) groups excluding carboxylic acids is 1. The van der Waals surface area contributed by atoms with Gasteiger partial charge in [0.1, 0.15) is 18.1 Å². The summed E-state index contributed by atoms with van der Waals surface area (Å²) >= 11 is 0. The first-order valence-corrected chi connectivity index (χ1v) is 9.70. The van der Waals surface area contributed by atoms with Crippen LogP contribution in [0.15, 0.2) is 55.1 Å². The Morgan fingerprint density at radius 1 is 1.03 bits per heavy atom. The lowest BCUT2D eigenvalue weighted by Crippen LogP contribution is -2.32. The molecule has 1 aromatic carbocycles. The van der Waals surface area contributed by atoms with Crippen molar-refractivity contribution in [2.45, 2.75) is 19.0 Å². The molecule has 11 heteroatoms. The predicted molar refractivity (Wildman–Crippen MR) is 116 cm³/mol. The van der Waals surface area contributed by atoms with Gasteiger partial charge in [-0.3, -0.25) is 4.98 Å². The molecule has 0 fully saturated rings. The van der Waals surface area contributed by atoms with Gasteiger partial charge in [0.15, 0.2) is 0 Å². The van der Waals surface area contributed by atoms with E-state index < -0.39 is 18.1 Å². The minimum Gasteiger partial charge on any atom is -0.480 e. The monoisotopic (exact) mass is 437 g/mol. The van der Waals surface area contributed by atoms with Crippen molar-refractivity contribution < 1.29 is 19.4 Å². The molecule has 3 aromatic rings. The van der Waals surface area contributed by atoms with E-state index in [1.165, 1.54) is 11.2 Å². The Morgan fingerprint density at radius 3 is 2.38 bits per heavy atom. The van der Waals surface area contributed by atoms with Gasteiger partial charge in [0.05, 0.1) is 0 Å². The second-order valence-corrected chi connectivity index (χ2v) is 6.99. The average Bonchev–Trinajstić information content (AvgIpc) is 2.79. The van der Waals surface area contributed by atoms with Gasteiger partial charge in [-0.05, 0) is 35.4 Å². The maximum Gasteiger partial charge on any atom is 0.414 e. The smallest absolute Gasteiger partial charge is 0.414 e. The number of nitrogens with one attached hydrogen (secondary N) is 2. The first-order valence-electron chi connectivity index (χ1n) is 9.70. The van der Waals surface area contributed by atoms with Crippen molar-refractivity contribution in [1.82, 2.24) is 24.8 Å². The fraction of sp³-hybridized carbons (Fsp3) is 0.238. The number of hydrogen-bond donors (Lipinski definition) is 3. The van der Waals surface area contributed by atoms with Gasteiger partial charge in [-0.2, -0.15) is 4.98 Å². The second kappa shape index (κ2) is 10.7. The van der Waals surface area contributed by atoms with Gasteiger partial charge in [-0.25, -0.2) is 19.6 Å². The van der Waals surface area contributed by atoms with Gasteiger partial charge in [0, 0.05) is 39.5 Å². The van der Waals surface area contributed by atoms with E-state index in [2.05, 4.69) is 30.6 Å². The van der Waals surface area contributed by atoms with Gasteiger partial charge < -0.3 is 25.4 Å². The molecule has 1 atom stereocenters. The molecular weight excluding hydrogens is 414 g/mol. The van der Waals surface area contributed by atoms with Crippen LogP contribution in [0.3, 0.4) is 0 Å². The van der Waals surface area contributed by atoms with Gasteiger partial charge in [0.2, 0.25) is 11.9 Å². The lowest BCUT2D eigenvalue weighted by molar-refractivity contribution is -0.137. The van der Waals surface area contributed by atoms with E-state index in [0.29, 0.717) is 18.2 Å². The fourth-order valence-corrected chi connectivity index (χ4v) is 2.61. The number of carboxylic acid groups (broad SMARTS) is 1. The predicted octanol–water partition coefficient (Wildman–Crippen LogP) is 2.05. The van der Waals surface area contributed by atoms with Crippen LogP contribution in [0, 0.1) is 0 Å². The number of rotatable bonds is 9. The molecule has 0 unspecified atom stereocenters. The first-order chi connectivity index (χ1) is 15.4. The Kier molecular flexibility index (Phi) is 7.46. The van der Waals surface area contributed by atoms with E-state index in [-0.39, 0.29) is 12.4 Å². The molecule has 0 saturated carbocycles. The molecule has 0 saturated heterocycles. The third-order valence-electron chi connectivity index (χ3n) is 4.31. The van der Waals surface area contributed by atoms with Crippen molar-refractivity contribution in [2.75, 3.05) is 24.7 Å². The molecule has 2 aromatic heterocycles. The molecule has 32 heavy (non-hydrogen) atoms. The van der Waals surface area contributed by atoms with Crippen molar-refractivity contribution in [3.05, 3.63) is 66.2 Å². The van der Waals surface area contributed by atoms with Crippen LogP contribution < -0.4 is 15.4 Å². The lowest BCUT2D eigenvalue weighted by Gasteiger charge is -2.15. The highest BCUT2D eigenvalue weighted by molar-refractivity contribution is 5.77. The van der Waals surface area contributed by atoms with E-state index in [1.54, 1.807) is 50.8 Å². The number of anilines is 2. The zero-order valence-electron chi connectivity index (χ0n) is 17.6. The van der Waals surface area contributed by atoms with Crippen LogP contribution >= 0.6 is 0 Å². The van der Waals surface area contributed by atoms with Crippen LogP contribution in [0.2, 0.25) is 0 Å². The van der Waals surface area contributed by atoms with Crippen LogP contribution in [0.5, 0.6) is 5.75 Å². The molecule has 11 nitrogen and oxygen atoms in total. The summed E-state index contributed by atoms with van der Waals surface area (Å²) < 4.78 is 5.16. The first kappa shape index (κ1) is 22.4. The highest BCUT2D eigenvalue weighted by Crippen LogP contribution is 2.16. The minimum atomic E-state index is -1.06. The fourth-order valence-electron chi connectivity index (χ4n) is 2.61. The van der Waals surface area contributed by atoms with E-state index >= 15 is 0 Å². The van der Waals surface area contributed by atoms with E-state index in [0.717, 1.165) is 11.1 Å². The van der Waals surface area contributed by atoms with Crippen LogP contribution in [0.4, 0.5) is 16.7 Å².